The minimum Gasteiger partial charge on any atom is -0.384 e. The maximum atomic E-state index is 12.1. The van der Waals surface area contributed by atoms with Crippen molar-refractivity contribution in [2.75, 3.05) is 38.5 Å². The topological polar surface area (TPSA) is 57.3 Å². The molecule has 1 aromatic rings. The van der Waals surface area contributed by atoms with Gasteiger partial charge in [-0.2, -0.15) is 0 Å². The Morgan fingerprint density at radius 1 is 1.38 bits per heavy atom. The predicted molar refractivity (Wildman–Crippen MR) is 85.6 cm³/mol. The number of carbonyl (C=O) groups is 1. The Hall–Kier alpha value is -1.62. The van der Waals surface area contributed by atoms with Crippen LogP contribution in [0.4, 0.5) is 5.69 Å². The number of piperidine rings is 1. The Labute approximate surface area is 127 Å². The van der Waals surface area contributed by atoms with Gasteiger partial charge >= 0.3 is 0 Å². The van der Waals surface area contributed by atoms with E-state index in [0.29, 0.717) is 11.6 Å². The van der Waals surface area contributed by atoms with Gasteiger partial charge in [-0.3, -0.25) is 4.79 Å². The lowest BCUT2D eigenvalue weighted by atomic mass is 9.97. The van der Waals surface area contributed by atoms with Crippen LogP contribution in [0.2, 0.25) is 0 Å². The lowest BCUT2D eigenvalue weighted by Gasteiger charge is -2.28. The van der Waals surface area contributed by atoms with Crippen LogP contribution in [0.1, 0.15) is 36.7 Å². The fourth-order valence-corrected chi connectivity index (χ4v) is 2.50. The van der Waals surface area contributed by atoms with Crippen LogP contribution >= 0.6 is 0 Å². The van der Waals surface area contributed by atoms with E-state index in [1.165, 1.54) is 0 Å². The Morgan fingerprint density at radius 2 is 2.14 bits per heavy atom. The van der Waals surface area contributed by atoms with Gasteiger partial charge in [-0.15, -0.1) is 0 Å². The molecule has 0 aliphatic carbocycles. The summed E-state index contributed by atoms with van der Waals surface area (Å²) >= 11 is 0. The van der Waals surface area contributed by atoms with E-state index >= 15 is 0 Å². The Morgan fingerprint density at radius 3 is 2.76 bits per heavy atom. The summed E-state index contributed by atoms with van der Waals surface area (Å²) in [7, 11) is 2.15. The van der Waals surface area contributed by atoms with Gasteiger partial charge in [0.1, 0.15) is 5.69 Å². The van der Waals surface area contributed by atoms with E-state index in [4.69, 9.17) is 0 Å². The second-order valence-corrected chi connectivity index (χ2v) is 5.82. The number of carbonyl (C=O) groups excluding carboxylic acids is 1. The number of nitrogens with zero attached hydrogens (tertiary/aromatic N) is 2. The van der Waals surface area contributed by atoms with E-state index in [1.54, 1.807) is 12.3 Å². The molecular formula is C16H26N4O. The van der Waals surface area contributed by atoms with E-state index in [9.17, 15) is 4.79 Å². The number of pyridine rings is 1. The highest BCUT2D eigenvalue weighted by Crippen LogP contribution is 2.15. The maximum absolute atomic E-state index is 12.1. The van der Waals surface area contributed by atoms with E-state index in [-0.39, 0.29) is 5.91 Å². The number of rotatable bonds is 6. The van der Waals surface area contributed by atoms with Crippen molar-refractivity contribution in [3.05, 3.63) is 24.0 Å². The number of anilines is 1. The summed E-state index contributed by atoms with van der Waals surface area (Å²) in [6, 6.07) is 3.69. The molecule has 2 N–H and O–H groups in total. The number of amides is 1. The van der Waals surface area contributed by atoms with Gasteiger partial charge in [-0.1, -0.05) is 6.92 Å². The van der Waals surface area contributed by atoms with E-state index in [1.807, 2.05) is 6.07 Å². The van der Waals surface area contributed by atoms with Crippen molar-refractivity contribution in [1.29, 1.82) is 0 Å². The van der Waals surface area contributed by atoms with Crippen molar-refractivity contribution in [2.45, 2.75) is 26.2 Å². The normalized spacial score (nSPS) is 16.7. The third kappa shape index (κ3) is 5.01. The van der Waals surface area contributed by atoms with Crippen LogP contribution in [0.5, 0.6) is 0 Å². The van der Waals surface area contributed by atoms with Gasteiger partial charge in [0.25, 0.3) is 5.91 Å². The average Bonchev–Trinajstić information content (AvgIpc) is 2.52. The molecule has 1 fully saturated rings. The summed E-state index contributed by atoms with van der Waals surface area (Å²) in [5.41, 5.74) is 1.45. The molecule has 116 valence electrons. The monoisotopic (exact) mass is 290 g/mol. The van der Waals surface area contributed by atoms with Crippen molar-refractivity contribution in [1.82, 2.24) is 15.2 Å². The molecule has 5 nitrogen and oxygen atoms in total. The zero-order valence-electron chi connectivity index (χ0n) is 13.1. The highest BCUT2D eigenvalue weighted by Gasteiger charge is 2.17. The van der Waals surface area contributed by atoms with Crippen LogP contribution in [0.3, 0.4) is 0 Å². The molecule has 0 saturated carbocycles. The molecular weight excluding hydrogens is 264 g/mol. The highest BCUT2D eigenvalue weighted by atomic mass is 16.1. The summed E-state index contributed by atoms with van der Waals surface area (Å²) in [5.74, 6) is 0.520. The second-order valence-electron chi connectivity index (χ2n) is 5.82. The summed E-state index contributed by atoms with van der Waals surface area (Å²) < 4.78 is 0. The summed E-state index contributed by atoms with van der Waals surface area (Å²) in [5, 5.41) is 6.26. The molecule has 21 heavy (non-hydrogen) atoms. The van der Waals surface area contributed by atoms with Gasteiger partial charge in [-0.25, -0.2) is 4.98 Å². The first-order valence-corrected chi connectivity index (χ1v) is 7.85. The number of hydrogen-bond donors (Lipinski definition) is 2. The molecule has 5 heteroatoms. The first-order valence-electron chi connectivity index (χ1n) is 7.85. The quantitative estimate of drug-likeness (QED) is 0.841. The lowest BCUT2D eigenvalue weighted by Crippen LogP contribution is -2.37. The number of nitrogens with one attached hydrogen (secondary N) is 2. The lowest BCUT2D eigenvalue weighted by molar-refractivity contribution is 0.0934. The largest absolute Gasteiger partial charge is 0.384 e. The molecule has 0 radical (unpaired) electrons. The van der Waals surface area contributed by atoms with Crippen LogP contribution in [-0.2, 0) is 0 Å². The molecule has 1 aliphatic heterocycles. The van der Waals surface area contributed by atoms with Gasteiger partial charge in [0, 0.05) is 13.1 Å². The highest BCUT2D eigenvalue weighted by molar-refractivity contribution is 5.92. The van der Waals surface area contributed by atoms with Crippen LogP contribution < -0.4 is 10.6 Å². The van der Waals surface area contributed by atoms with Gasteiger partial charge in [0.15, 0.2) is 0 Å². The molecule has 0 aromatic carbocycles. The van der Waals surface area contributed by atoms with Crippen molar-refractivity contribution in [3.8, 4) is 0 Å². The predicted octanol–water partition coefficient (Wildman–Crippen LogP) is 1.98. The van der Waals surface area contributed by atoms with Crippen molar-refractivity contribution >= 4 is 11.6 Å². The van der Waals surface area contributed by atoms with Crippen LogP contribution in [0, 0.1) is 5.92 Å². The third-order valence-corrected chi connectivity index (χ3v) is 3.96. The molecule has 1 aliphatic rings. The van der Waals surface area contributed by atoms with Gasteiger partial charge in [0.05, 0.1) is 11.9 Å². The van der Waals surface area contributed by atoms with Crippen LogP contribution in [-0.4, -0.2) is 49.0 Å². The summed E-state index contributed by atoms with van der Waals surface area (Å²) in [6.45, 7) is 6.03. The Bertz CT molecular complexity index is 438. The molecule has 0 unspecified atom stereocenters. The molecule has 0 atom stereocenters. The van der Waals surface area contributed by atoms with E-state index in [0.717, 1.165) is 51.1 Å². The average molecular weight is 290 g/mol. The minimum absolute atomic E-state index is 0.0732. The molecule has 1 amide bonds. The first-order chi connectivity index (χ1) is 10.2. The minimum atomic E-state index is -0.0732. The van der Waals surface area contributed by atoms with Crippen molar-refractivity contribution in [2.24, 2.45) is 5.92 Å². The zero-order valence-corrected chi connectivity index (χ0v) is 13.1. The van der Waals surface area contributed by atoms with E-state index < -0.39 is 0 Å². The van der Waals surface area contributed by atoms with Gasteiger partial charge in [0.2, 0.25) is 0 Å². The van der Waals surface area contributed by atoms with Crippen LogP contribution in [0.25, 0.3) is 0 Å². The Kier molecular flexibility index (Phi) is 5.99. The van der Waals surface area contributed by atoms with Crippen molar-refractivity contribution < 1.29 is 4.79 Å². The van der Waals surface area contributed by atoms with Crippen molar-refractivity contribution in [3.63, 3.8) is 0 Å². The molecule has 0 spiro atoms. The molecule has 0 bridgehead atoms. The molecule has 2 rings (SSSR count). The number of likely N-dealkylation sites (tertiary alicyclic amines) is 1. The molecule has 2 heterocycles. The summed E-state index contributed by atoms with van der Waals surface area (Å²) in [6.07, 6.45) is 5.10. The fraction of sp³-hybridized carbons (Fsp3) is 0.625. The first kappa shape index (κ1) is 15.8. The molecule has 1 aromatic heterocycles. The van der Waals surface area contributed by atoms with Gasteiger partial charge < -0.3 is 15.5 Å². The fourth-order valence-electron chi connectivity index (χ4n) is 2.50. The third-order valence-electron chi connectivity index (χ3n) is 3.96. The zero-order chi connectivity index (χ0) is 15.1. The standard InChI is InChI=1S/C16H26N4O/c1-3-8-17-14-4-5-15(18-12-14)16(21)19-11-13-6-9-20(2)10-7-13/h4-5,12-13,17H,3,6-11H2,1-2H3,(H,19,21). The van der Waals surface area contributed by atoms with Crippen LogP contribution in [0.15, 0.2) is 18.3 Å². The second kappa shape index (κ2) is 7.98. The number of aromatic nitrogens is 1. The Balaban J connectivity index is 1.77. The van der Waals surface area contributed by atoms with E-state index in [2.05, 4.69) is 34.5 Å². The maximum Gasteiger partial charge on any atom is 0.269 e. The molecule has 1 saturated heterocycles. The number of hydrogen-bond acceptors (Lipinski definition) is 4. The summed E-state index contributed by atoms with van der Waals surface area (Å²) in [4.78, 5) is 18.6. The SMILES string of the molecule is CCCNc1ccc(C(=O)NCC2CCN(C)CC2)nc1. The van der Waals surface area contributed by atoms with Gasteiger partial charge in [-0.05, 0) is 57.5 Å². The smallest absolute Gasteiger partial charge is 0.269 e.